The molecule has 2 aromatic heterocycles. The summed E-state index contributed by atoms with van der Waals surface area (Å²) < 4.78 is 12.4. The third-order valence-corrected chi connectivity index (χ3v) is 4.48. The summed E-state index contributed by atoms with van der Waals surface area (Å²) in [4.78, 5) is 31.3. The first-order valence-electron chi connectivity index (χ1n) is 9.37. The van der Waals surface area contributed by atoms with Gasteiger partial charge in [0.15, 0.2) is 17.3 Å². The van der Waals surface area contributed by atoms with Crippen molar-refractivity contribution in [3.63, 3.8) is 0 Å². The monoisotopic (exact) mass is 404 g/mol. The molecule has 2 aromatic carbocycles. The predicted octanol–water partition coefficient (Wildman–Crippen LogP) is 2.80. The van der Waals surface area contributed by atoms with Gasteiger partial charge in [-0.1, -0.05) is 36.4 Å². The van der Waals surface area contributed by atoms with E-state index >= 15 is 0 Å². The lowest BCUT2D eigenvalue weighted by atomic mass is 10.1. The molecule has 0 radical (unpaired) electrons. The minimum Gasteiger partial charge on any atom is -0.493 e. The third-order valence-electron chi connectivity index (χ3n) is 4.48. The summed E-state index contributed by atoms with van der Waals surface area (Å²) in [5, 5.41) is 4.28. The largest absolute Gasteiger partial charge is 0.493 e. The van der Waals surface area contributed by atoms with Crippen LogP contribution in [0.3, 0.4) is 0 Å². The van der Waals surface area contributed by atoms with Crippen LogP contribution in [0, 0.1) is 0 Å². The highest BCUT2D eigenvalue weighted by molar-refractivity contribution is 5.78. The third kappa shape index (κ3) is 4.07. The van der Waals surface area contributed by atoms with Crippen LogP contribution in [0.2, 0.25) is 0 Å². The van der Waals surface area contributed by atoms with E-state index < -0.39 is 0 Å². The molecule has 4 aromatic rings. The Hall–Kier alpha value is -3.94. The summed E-state index contributed by atoms with van der Waals surface area (Å²) >= 11 is 0. The van der Waals surface area contributed by atoms with Crippen LogP contribution in [0.15, 0.2) is 59.4 Å². The molecule has 0 spiro atoms. The van der Waals surface area contributed by atoms with E-state index in [0.29, 0.717) is 35.2 Å². The average Bonchev–Trinajstić information content (AvgIpc) is 3.18. The molecule has 1 N–H and O–H groups in total. The van der Waals surface area contributed by atoms with E-state index in [1.807, 2.05) is 36.4 Å². The van der Waals surface area contributed by atoms with Gasteiger partial charge in [0.25, 0.3) is 5.56 Å². The number of methoxy groups -OCH3 is 1. The van der Waals surface area contributed by atoms with Crippen LogP contribution in [0.1, 0.15) is 18.2 Å². The SMILES string of the molecule is COc1cc(CC(C)=O)ccc1OCc1cc(=O)n2nc(-c3ccccc3)nc2[nH]1. The smallest absolute Gasteiger partial charge is 0.276 e. The van der Waals surface area contributed by atoms with E-state index in [-0.39, 0.29) is 17.9 Å². The van der Waals surface area contributed by atoms with Gasteiger partial charge in [-0.25, -0.2) is 0 Å². The first-order chi connectivity index (χ1) is 14.5. The van der Waals surface area contributed by atoms with Crippen LogP contribution in [-0.4, -0.2) is 32.5 Å². The molecule has 0 saturated heterocycles. The molecule has 0 amide bonds. The van der Waals surface area contributed by atoms with Gasteiger partial charge in [0.1, 0.15) is 12.4 Å². The zero-order valence-corrected chi connectivity index (χ0v) is 16.6. The zero-order chi connectivity index (χ0) is 21.1. The highest BCUT2D eigenvalue weighted by Crippen LogP contribution is 2.29. The zero-order valence-electron chi connectivity index (χ0n) is 16.6. The van der Waals surface area contributed by atoms with Crippen molar-refractivity contribution in [2.75, 3.05) is 7.11 Å². The Balaban J connectivity index is 1.57. The summed E-state index contributed by atoms with van der Waals surface area (Å²) in [6, 6.07) is 16.2. The Morgan fingerprint density at radius 3 is 2.63 bits per heavy atom. The number of carbonyl (C=O) groups excluding carboxylic acids is 1. The maximum Gasteiger partial charge on any atom is 0.276 e. The van der Waals surface area contributed by atoms with Gasteiger partial charge in [0.2, 0.25) is 5.78 Å². The van der Waals surface area contributed by atoms with Crippen LogP contribution < -0.4 is 15.0 Å². The summed E-state index contributed by atoms with van der Waals surface area (Å²) in [6.07, 6.45) is 0.331. The second kappa shape index (κ2) is 8.20. The van der Waals surface area contributed by atoms with Gasteiger partial charge in [-0.05, 0) is 24.6 Å². The van der Waals surface area contributed by atoms with Gasteiger partial charge >= 0.3 is 0 Å². The second-order valence-electron chi connectivity index (χ2n) is 6.82. The lowest BCUT2D eigenvalue weighted by Crippen LogP contribution is -2.16. The van der Waals surface area contributed by atoms with Crippen LogP contribution in [0.5, 0.6) is 11.5 Å². The van der Waals surface area contributed by atoms with E-state index in [1.165, 1.54) is 24.6 Å². The highest BCUT2D eigenvalue weighted by atomic mass is 16.5. The standard InChI is InChI=1S/C22H20N4O4/c1-14(27)10-15-8-9-18(19(11-15)29-2)30-13-17-12-20(28)26-22(23-17)24-21(25-26)16-6-4-3-5-7-16/h3-9,11-12H,10,13H2,1-2H3,(H,23,24,25). The topological polar surface area (TPSA) is 98.6 Å². The number of Topliss-reactive ketones (excluding diaryl/α,β-unsaturated/α-hetero) is 1. The van der Waals surface area contributed by atoms with Gasteiger partial charge in [-0.3, -0.25) is 9.59 Å². The normalized spacial score (nSPS) is 10.9. The Morgan fingerprint density at radius 2 is 1.90 bits per heavy atom. The second-order valence-corrected chi connectivity index (χ2v) is 6.82. The fraction of sp³-hybridized carbons (Fsp3) is 0.182. The Kier molecular flexibility index (Phi) is 5.30. The maximum atomic E-state index is 12.5. The molecule has 0 atom stereocenters. The average molecular weight is 404 g/mol. The van der Waals surface area contributed by atoms with Crippen molar-refractivity contribution in [2.24, 2.45) is 0 Å². The number of aromatic nitrogens is 4. The lowest BCUT2D eigenvalue weighted by Gasteiger charge is -2.12. The number of carbonyl (C=O) groups is 1. The molecular formula is C22H20N4O4. The van der Waals surface area contributed by atoms with E-state index in [4.69, 9.17) is 9.47 Å². The fourth-order valence-corrected chi connectivity index (χ4v) is 3.11. The van der Waals surface area contributed by atoms with E-state index in [0.717, 1.165) is 11.1 Å². The number of aromatic amines is 1. The van der Waals surface area contributed by atoms with Crippen LogP contribution >= 0.6 is 0 Å². The first kappa shape index (κ1) is 19.4. The highest BCUT2D eigenvalue weighted by Gasteiger charge is 2.12. The molecule has 0 saturated carbocycles. The van der Waals surface area contributed by atoms with Crippen LogP contribution in [0.4, 0.5) is 0 Å². The summed E-state index contributed by atoms with van der Waals surface area (Å²) in [5.41, 5.74) is 1.91. The molecule has 2 heterocycles. The molecule has 152 valence electrons. The van der Waals surface area contributed by atoms with Crippen molar-refractivity contribution in [3.05, 3.63) is 76.2 Å². The van der Waals surface area contributed by atoms with Gasteiger partial charge < -0.3 is 14.5 Å². The van der Waals surface area contributed by atoms with E-state index in [1.54, 1.807) is 12.1 Å². The molecule has 4 rings (SSSR count). The van der Waals surface area contributed by atoms with Crippen LogP contribution in [0.25, 0.3) is 17.2 Å². The Bertz CT molecular complexity index is 1260. The molecule has 30 heavy (non-hydrogen) atoms. The maximum absolute atomic E-state index is 12.5. The van der Waals surface area contributed by atoms with Crippen molar-refractivity contribution in [1.29, 1.82) is 0 Å². The van der Waals surface area contributed by atoms with Crippen molar-refractivity contribution >= 4 is 11.6 Å². The van der Waals surface area contributed by atoms with Crippen molar-refractivity contribution in [3.8, 4) is 22.9 Å². The minimum absolute atomic E-state index is 0.0692. The number of benzene rings is 2. The predicted molar refractivity (Wildman–Crippen MR) is 111 cm³/mol. The molecule has 8 nitrogen and oxygen atoms in total. The number of fused-ring (bicyclic) bond motifs is 1. The number of H-pyrrole nitrogens is 1. The van der Waals surface area contributed by atoms with Crippen molar-refractivity contribution < 1.29 is 14.3 Å². The van der Waals surface area contributed by atoms with E-state index in [2.05, 4.69) is 15.1 Å². The molecule has 0 fully saturated rings. The van der Waals surface area contributed by atoms with Gasteiger partial charge in [0, 0.05) is 18.1 Å². The number of hydrogen-bond acceptors (Lipinski definition) is 6. The quantitative estimate of drug-likeness (QED) is 0.509. The lowest BCUT2D eigenvalue weighted by molar-refractivity contribution is -0.116. The number of ketones is 1. The summed E-state index contributed by atoms with van der Waals surface area (Å²) in [6.45, 7) is 1.65. The number of hydrogen-bond donors (Lipinski definition) is 1. The van der Waals surface area contributed by atoms with E-state index in [9.17, 15) is 9.59 Å². The molecule has 0 aliphatic rings. The number of ether oxygens (including phenoxy) is 2. The molecular weight excluding hydrogens is 384 g/mol. The minimum atomic E-state index is -0.305. The molecule has 0 aliphatic heterocycles. The molecule has 0 bridgehead atoms. The van der Waals surface area contributed by atoms with Gasteiger partial charge in [-0.15, -0.1) is 5.10 Å². The van der Waals surface area contributed by atoms with Crippen molar-refractivity contribution in [2.45, 2.75) is 20.0 Å². The summed E-state index contributed by atoms with van der Waals surface area (Å²) in [7, 11) is 1.54. The fourth-order valence-electron chi connectivity index (χ4n) is 3.11. The first-order valence-corrected chi connectivity index (χ1v) is 9.37. The number of nitrogens with one attached hydrogen (secondary N) is 1. The van der Waals surface area contributed by atoms with Crippen LogP contribution in [-0.2, 0) is 17.8 Å². The number of rotatable bonds is 7. The number of nitrogens with zero attached hydrogens (tertiary/aromatic N) is 3. The van der Waals surface area contributed by atoms with Gasteiger partial charge in [0.05, 0.1) is 12.8 Å². The summed E-state index contributed by atoms with van der Waals surface area (Å²) in [5.74, 6) is 1.90. The Labute approximate surface area is 172 Å². The van der Waals surface area contributed by atoms with Crippen molar-refractivity contribution in [1.82, 2.24) is 19.6 Å². The molecule has 0 aliphatic carbocycles. The van der Waals surface area contributed by atoms with Gasteiger partial charge in [-0.2, -0.15) is 9.50 Å². The molecule has 0 unspecified atom stereocenters. The molecule has 8 heteroatoms. The Morgan fingerprint density at radius 1 is 1.10 bits per heavy atom.